The summed E-state index contributed by atoms with van der Waals surface area (Å²) >= 11 is 0. The highest BCUT2D eigenvalue weighted by Crippen LogP contribution is 2.34. The quantitative estimate of drug-likeness (QED) is 0.498. The third kappa shape index (κ3) is 5.08. The third-order valence-corrected chi connectivity index (χ3v) is 6.42. The Hall–Kier alpha value is -3.60. The second-order valence-electron chi connectivity index (χ2n) is 8.85. The molecule has 0 radical (unpaired) electrons. The fourth-order valence-electron chi connectivity index (χ4n) is 4.37. The number of benzene rings is 3. The molecule has 5 rings (SSSR count). The molecule has 2 fully saturated rings. The minimum Gasteiger partial charge on any atom is -0.445 e. The first-order valence-electron chi connectivity index (χ1n) is 11.7. The third-order valence-electron chi connectivity index (χ3n) is 6.42. The van der Waals surface area contributed by atoms with Crippen molar-refractivity contribution in [3.8, 4) is 11.1 Å². The molecule has 3 aromatic rings. The summed E-state index contributed by atoms with van der Waals surface area (Å²) in [5.41, 5.74) is 5.15. The second kappa shape index (κ2) is 9.49. The number of nitrogens with zero attached hydrogens (tertiary/aromatic N) is 1. The van der Waals surface area contributed by atoms with Crippen molar-refractivity contribution >= 4 is 17.7 Å². The SMILES string of the molecule is O=C(Nc1ccc(-c2ccc([C@H]3CCCN3C(=O)OCc3ccccc3)cc2)cc1)C1CC1. The Morgan fingerprint density at radius 2 is 1.52 bits per heavy atom. The van der Waals surface area contributed by atoms with Gasteiger partial charge >= 0.3 is 6.09 Å². The lowest BCUT2D eigenvalue weighted by Crippen LogP contribution is -2.31. The maximum absolute atomic E-state index is 12.7. The Balaban J connectivity index is 1.21. The summed E-state index contributed by atoms with van der Waals surface area (Å²) in [6.07, 6.45) is 3.66. The molecule has 1 N–H and O–H groups in total. The normalized spacial score (nSPS) is 17.6. The topological polar surface area (TPSA) is 58.6 Å². The van der Waals surface area contributed by atoms with Crippen molar-refractivity contribution in [3.63, 3.8) is 0 Å². The van der Waals surface area contributed by atoms with Crippen LogP contribution in [-0.2, 0) is 16.1 Å². The zero-order chi connectivity index (χ0) is 22.6. The number of carbonyl (C=O) groups excluding carboxylic acids is 2. The molecule has 1 aliphatic carbocycles. The Morgan fingerprint density at radius 1 is 0.848 bits per heavy atom. The number of likely N-dealkylation sites (tertiary alicyclic amines) is 1. The molecule has 1 heterocycles. The van der Waals surface area contributed by atoms with Gasteiger partial charge < -0.3 is 15.0 Å². The predicted molar refractivity (Wildman–Crippen MR) is 129 cm³/mol. The second-order valence-corrected chi connectivity index (χ2v) is 8.85. The molecule has 5 nitrogen and oxygen atoms in total. The zero-order valence-electron chi connectivity index (χ0n) is 18.6. The molecule has 1 saturated carbocycles. The molecule has 0 bridgehead atoms. The zero-order valence-corrected chi connectivity index (χ0v) is 18.6. The summed E-state index contributed by atoms with van der Waals surface area (Å²) in [7, 11) is 0. The highest BCUT2D eigenvalue weighted by atomic mass is 16.6. The van der Waals surface area contributed by atoms with Crippen LogP contribution < -0.4 is 5.32 Å². The van der Waals surface area contributed by atoms with E-state index in [0.29, 0.717) is 13.2 Å². The van der Waals surface area contributed by atoms with Gasteiger partial charge in [-0.3, -0.25) is 4.79 Å². The fourth-order valence-corrected chi connectivity index (χ4v) is 4.37. The van der Waals surface area contributed by atoms with Gasteiger partial charge in [-0.2, -0.15) is 0 Å². The maximum Gasteiger partial charge on any atom is 0.410 e. The lowest BCUT2D eigenvalue weighted by molar-refractivity contribution is -0.117. The molecule has 1 atom stereocenters. The van der Waals surface area contributed by atoms with E-state index in [2.05, 4.69) is 29.6 Å². The van der Waals surface area contributed by atoms with Gasteiger partial charge in [-0.1, -0.05) is 66.7 Å². The molecule has 168 valence electrons. The van der Waals surface area contributed by atoms with Crippen LogP contribution in [0.5, 0.6) is 0 Å². The van der Waals surface area contributed by atoms with Gasteiger partial charge in [-0.15, -0.1) is 0 Å². The minimum atomic E-state index is -0.255. The van der Waals surface area contributed by atoms with Crippen molar-refractivity contribution in [3.05, 3.63) is 90.0 Å². The van der Waals surface area contributed by atoms with E-state index < -0.39 is 0 Å². The minimum absolute atomic E-state index is 0.0438. The first-order valence-corrected chi connectivity index (χ1v) is 11.7. The summed E-state index contributed by atoms with van der Waals surface area (Å²) in [5.74, 6) is 0.318. The van der Waals surface area contributed by atoms with Crippen LogP contribution >= 0.6 is 0 Å². The van der Waals surface area contributed by atoms with Gasteiger partial charge in [0.05, 0.1) is 6.04 Å². The number of amides is 2. The standard InChI is InChI=1S/C28H28N2O3/c31-27(24-12-13-24)29-25-16-14-22(15-17-25)21-8-10-23(11-9-21)26-7-4-18-30(26)28(32)33-19-20-5-2-1-3-6-20/h1-3,5-6,8-11,14-17,24,26H,4,7,12-13,18-19H2,(H,29,31)/t26-/m1/s1. The van der Waals surface area contributed by atoms with Crippen LogP contribution in [-0.4, -0.2) is 23.4 Å². The van der Waals surface area contributed by atoms with Gasteiger partial charge in [0.1, 0.15) is 6.61 Å². The Morgan fingerprint density at radius 3 is 2.18 bits per heavy atom. The average molecular weight is 441 g/mol. The molecule has 33 heavy (non-hydrogen) atoms. The van der Waals surface area contributed by atoms with Crippen LogP contribution in [0.2, 0.25) is 0 Å². The van der Waals surface area contributed by atoms with Gasteiger partial charge in [-0.05, 0) is 60.1 Å². The highest BCUT2D eigenvalue weighted by molar-refractivity contribution is 5.94. The van der Waals surface area contributed by atoms with Gasteiger partial charge in [0.15, 0.2) is 0 Å². The number of hydrogen-bond acceptors (Lipinski definition) is 3. The first kappa shape index (κ1) is 21.3. The highest BCUT2D eigenvalue weighted by Gasteiger charge is 2.31. The lowest BCUT2D eigenvalue weighted by atomic mass is 9.99. The number of hydrogen-bond donors (Lipinski definition) is 1. The van der Waals surface area contributed by atoms with Gasteiger partial charge in [0.25, 0.3) is 0 Å². The van der Waals surface area contributed by atoms with E-state index in [1.807, 2.05) is 59.5 Å². The van der Waals surface area contributed by atoms with Crippen LogP contribution in [0.25, 0.3) is 11.1 Å². The van der Waals surface area contributed by atoms with Gasteiger partial charge in [0.2, 0.25) is 5.91 Å². The lowest BCUT2D eigenvalue weighted by Gasteiger charge is -2.24. The van der Waals surface area contributed by atoms with Crippen LogP contribution in [0.4, 0.5) is 10.5 Å². The number of carbonyl (C=O) groups is 2. The van der Waals surface area contributed by atoms with E-state index in [-0.39, 0.29) is 24.0 Å². The molecule has 5 heteroatoms. The van der Waals surface area contributed by atoms with Crippen LogP contribution in [0, 0.1) is 5.92 Å². The fraction of sp³-hybridized carbons (Fsp3) is 0.286. The summed E-state index contributed by atoms with van der Waals surface area (Å²) in [6, 6.07) is 26.2. The molecule has 1 saturated heterocycles. The first-order chi connectivity index (χ1) is 16.2. The molecule has 1 aliphatic heterocycles. The van der Waals surface area contributed by atoms with E-state index in [1.165, 1.54) is 0 Å². The Labute approximate surface area is 194 Å². The number of ether oxygens (including phenoxy) is 1. The van der Waals surface area contributed by atoms with E-state index >= 15 is 0 Å². The van der Waals surface area contributed by atoms with Crippen molar-refractivity contribution in [1.82, 2.24) is 4.90 Å². The Kier molecular flexibility index (Phi) is 6.11. The number of nitrogens with one attached hydrogen (secondary N) is 1. The van der Waals surface area contributed by atoms with E-state index in [9.17, 15) is 9.59 Å². The van der Waals surface area contributed by atoms with Gasteiger partial charge in [0, 0.05) is 18.2 Å². The van der Waals surface area contributed by atoms with Gasteiger partial charge in [-0.25, -0.2) is 4.79 Å². The summed E-state index contributed by atoms with van der Waals surface area (Å²) in [6.45, 7) is 1.01. The Bertz CT molecular complexity index is 1110. The molecular weight excluding hydrogens is 412 g/mol. The molecule has 0 unspecified atom stereocenters. The van der Waals surface area contributed by atoms with Crippen LogP contribution in [0.1, 0.15) is 42.9 Å². The number of rotatable bonds is 6. The molecule has 2 amide bonds. The average Bonchev–Trinajstić information content (AvgIpc) is 3.60. The van der Waals surface area contributed by atoms with Crippen molar-refractivity contribution < 1.29 is 14.3 Å². The van der Waals surface area contributed by atoms with E-state index in [0.717, 1.165) is 53.6 Å². The van der Waals surface area contributed by atoms with Crippen molar-refractivity contribution in [2.45, 2.75) is 38.3 Å². The molecule has 3 aromatic carbocycles. The smallest absolute Gasteiger partial charge is 0.410 e. The van der Waals surface area contributed by atoms with Crippen molar-refractivity contribution in [2.24, 2.45) is 5.92 Å². The number of anilines is 1. The maximum atomic E-state index is 12.7. The monoisotopic (exact) mass is 440 g/mol. The van der Waals surface area contributed by atoms with E-state index in [4.69, 9.17) is 4.74 Å². The summed E-state index contributed by atoms with van der Waals surface area (Å²) < 4.78 is 5.57. The molecule has 0 aromatic heterocycles. The summed E-state index contributed by atoms with van der Waals surface area (Å²) in [4.78, 5) is 26.5. The largest absolute Gasteiger partial charge is 0.445 e. The van der Waals surface area contributed by atoms with E-state index in [1.54, 1.807) is 0 Å². The predicted octanol–water partition coefficient (Wildman–Crippen LogP) is 6.18. The molecule has 2 aliphatic rings. The molecule has 0 spiro atoms. The molecular formula is C28H28N2O3. The van der Waals surface area contributed by atoms with Crippen LogP contribution in [0.15, 0.2) is 78.9 Å². The summed E-state index contributed by atoms with van der Waals surface area (Å²) in [5, 5.41) is 2.98. The van der Waals surface area contributed by atoms with Crippen molar-refractivity contribution in [2.75, 3.05) is 11.9 Å². The van der Waals surface area contributed by atoms with Crippen molar-refractivity contribution in [1.29, 1.82) is 0 Å². The van der Waals surface area contributed by atoms with Crippen LogP contribution in [0.3, 0.4) is 0 Å².